The molecule has 3 N–H and O–H groups in total. The van der Waals surface area contributed by atoms with Gasteiger partial charge in [-0.15, -0.1) is 0 Å². The Morgan fingerprint density at radius 3 is 2.86 bits per heavy atom. The van der Waals surface area contributed by atoms with Crippen LogP contribution in [0.5, 0.6) is 5.88 Å². The lowest BCUT2D eigenvalue weighted by Gasteiger charge is -2.22. The number of fused-ring (bicyclic) bond motifs is 1. The Hall–Kier alpha value is -3.26. The number of nitrogens with zero attached hydrogens (tertiary/aromatic N) is 2. The summed E-state index contributed by atoms with van der Waals surface area (Å²) < 4.78 is 25.6. The van der Waals surface area contributed by atoms with Crippen LogP contribution >= 0.6 is 0 Å². The van der Waals surface area contributed by atoms with Gasteiger partial charge in [0.05, 0.1) is 18.5 Å². The van der Waals surface area contributed by atoms with Crippen LogP contribution in [0, 0.1) is 11.7 Å². The number of ether oxygens (including phenoxy) is 2. The number of aromatic nitrogens is 2. The molecule has 0 aliphatic carbocycles. The molecule has 1 amide bonds. The summed E-state index contributed by atoms with van der Waals surface area (Å²) in [5.74, 6) is -0.187. The van der Waals surface area contributed by atoms with E-state index in [1.807, 2.05) is 0 Å². The first-order chi connectivity index (χ1) is 14.1. The monoisotopic (exact) mass is 396 g/mol. The largest absolute Gasteiger partial charge is 0.477 e. The Bertz CT molecular complexity index is 1040. The zero-order valence-electron chi connectivity index (χ0n) is 15.7. The van der Waals surface area contributed by atoms with Gasteiger partial charge in [0, 0.05) is 35.9 Å². The summed E-state index contributed by atoms with van der Waals surface area (Å²) in [6.07, 6.45) is 4.49. The van der Waals surface area contributed by atoms with E-state index >= 15 is 0 Å². The maximum atomic E-state index is 14.4. The van der Waals surface area contributed by atoms with E-state index in [9.17, 15) is 9.18 Å². The highest BCUT2D eigenvalue weighted by Crippen LogP contribution is 2.29. The van der Waals surface area contributed by atoms with Crippen molar-refractivity contribution in [3.05, 3.63) is 54.2 Å². The van der Waals surface area contributed by atoms with E-state index in [0.717, 1.165) is 32.3 Å². The summed E-state index contributed by atoms with van der Waals surface area (Å²) in [4.78, 5) is 20.5. The quantitative estimate of drug-likeness (QED) is 0.686. The average Bonchev–Trinajstić information content (AvgIpc) is 2.74. The van der Waals surface area contributed by atoms with E-state index < -0.39 is 11.7 Å². The third-order valence-electron chi connectivity index (χ3n) is 4.91. The molecule has 8 heteroatoms. The molecule has 3 aromatic rings. The summed E-state index contributed by atoms with van der Waals surface area (Å²) >= 11 is 0. The molecule has 29 heavy (non-hydrogen) atoms. The lowest BCUT2D eigenvalue weighted by Crippen LogP contribution is -2.21. The van der Waals surface area contributed by atoms with E-state index in [-0.39, 0.29) is 11.4 Å². The Morgan fingerprint density at radius 1 is 1.24 bits per heavy atom. The molecule has 0 radical (unpaired) electrons. The van der Waals surface area contributed by atoms with Crippen LogP contribution < -0.4 is 15.8 Å². The van der Waals surface area contributed by atoms with Crippen LogP contribution in [0.3, 0.4) is 0 Å². The maximum Gasteiger partial charge on any atom is 0.276 e. The van der Waals surface area contributed by atoms with Crippen molar-refractivity contribution in [2.75, 3.05) is 30.9 Å². The Balaban J connectivity index is 1.55. The number of hydrogen-bond donors (Lipinski definition) is 2. The normalized spacial score (nSPS) is 14.7. The van der Waals surface area contributed by atoms with Gasteiger partial charge in [0.1, 0.15) is 5.82 Å². The number of pyridine rings is 2. The lowest BCUT2D eigenvalue weighted by atomic mass is 10.0. The molecule has 150 valence electrons. The summed E-state index contributed by atoms with van der Waals surface area (Å²) in [6.45, 7) is 1.97. The number of carbonyl (C=O) groups excluding carboxylic acids is 1. The Morgan fingerprint density at radius 2 is 2.07 bits per heavy atom. The van der Waals surface area contributed by atoms with Crippen LogP contribution in [0.1, 0.15) is 23.3 Å². The fourth-order valence-corrected chi connectivity index (χ4v) is 3.28. The van der Waals surface area contributed by atoms with Crippen LogP contribution in [0.15, 0.2) is 42.7 Å². The molecule has 0 saturated carbocycles. The van der Waals surface area contributed by atoms with Crippen molar-refractivity contribution in [3.8, 4) is 5.88 Å². The molecule has 0 unspecified atom stereocenters. The van der Waals surface area contributed by atoms with Gasteiger partial charge in [0.25, 0.3) is 5.91 Å². The number of hydrogen-bond acceptors (Lipinski definition) is 6. The molecule has 1 aliphatic heterocycles. The van der Waals surface area contributed by atoms with Crippen molar-refractivity contribution in [1.29, 1.82) is 0 Å². The van der Waals surface area contributed by atoms with Crippen molar-refractivity contribution in [2.45, 2.75) is 12.8 Å². The standard InChI is InChI=1S/C21H21FN4O3/c22-17-11-25-21(29-12-13-5-8-28-9-6-13)15-4-3-14(10-16(15)17)26-20(27)19-18(23)2-1-7-24-19/h1-4,7,10-11,13H,5-6,8-9,12,23H2,(H,26,27). The average molecular weight is 396 g/mol. The molecular formula is C21H21FN4O3. The molecule has 1 aromatic carbocycles. The van der Waals surface area contributed by atoms with Crippen LogP contribution in [0.4, 0.5) is 15.8 Å². The summed E-state index contributed by atoms with van der Waals surface area (Å²) in [7, 11) is 0. The fourth-order valence-electron chi connectivity index (χ4n) is 3.28. The Kier molecular flexibility index (Phi) is 5.53. The minimum absolute atomic E-state index is 0.114. The van der Waals surface area contributed by atoms with Crippen molar-refractivity contribution in [3.63, 3.8) is 0 Å². The summed E-state index contributed by atoms with van der Waals surface area (Å²) in [5.41, 5.74) is 6.60. The number of carbonyl (C=O) groups is 1. The van der Waals surface area contributed by atoms with E-state index in [2.05, 4.69) is 15.3 Å². The predicted octanol–water partition coefficient (Wildman–Crippen LogP) is 3.41. The second-order valence-electron chi connectivity index (χ2n) is 6.93. The predicted molar refractivity (Wildman–Crippen MR) is 107 cm³/mol. The van der Waals surface area contributed by atoms with E-state index in [1.165, 1.54) is 6.20 Å². The highest BCUT2D eigenvalue weighted by Gasteiger charge is 2.17. The highest BCUT2D eigenvalue weighted by atomic mass is 19.1. The van der Waals surface area contributed by atoms with Crippen molar-refractivity contribution < 1.29 is 18.7 Å². The van der Waals surface area contributed by atoms with Gasteiger partial charge in [-0.25, -0.2) is 14.4 Å². The first-order valence-electron chi connectivity index (χ1n) is 9.42. The van der Waals surface area contributed by atoms with Gasteiger partial charge in [-0.2, -0.15) is 0 Å². The number of benzene rings is 1. The third kappa shape index (κ3) is 4.27. The topological polar surface area (TPSA) is 99.4 Å². The molecule has 7 nitrogen and oxygen atoms in total. The molecule has 1 aliphatic rings. The fraction of sp³-hybridized carbons (Fsp3) is 0.286. The van der Waals surface area contributed by atoms with Crippen LogP contribution in [-0.4, -0.2) is 35.7 Å². The van der Waals surface area contributed by atoms with E-state index in [1.54, 1.807) is 30.3 Å². The van der Waals surface area contributed by atoms with Crippen LogP contribution in [0.2, 0.25) is 0 Å². The zero-order chi connectivity index (χ0) is 20.2. The minimum atomic E-state index is -0.494. The molecule has 2 aromatic heterocycles. The number of halogens is 1. The molecule has 1 saturated heterocycles. The van der Waals surface area contributed by atoms with Gasteiger partial charge in [0.15, 0.2) is 5.69 Å². The third-order valence-corrected chi connectivity index (χ3v) is 4.91. The highest BCUT2D eigenvalue weighted by molar-refractivity contribution is 6.07. The number of nitrogens with two attached hydrogens (primary N) is 1. The smallest absolute Gasteiger partial charge is 0.276 e. The van der Waals surface area contributed by atoms with Crippen molar-refractivity contribution in [2.24, 2.45) is 5.92 Å². The molecule has 4 rings (SSSR count). The van der Waals surface area contributed by atoms with Gasteiger partial charge in [-0.1, -0.05) is 0 Å². The van der Waals surface area contributed by atoms with Crippen molar-refractivity contribution in [1.82, 2.24) is 9.97 Å². The van der Waals surface area contributed by atoms with Gasteiger partial charge in [-0.3, -0.25) is 4.79 Å². The number of amides is 1. The molecule has 1 fully saturated rings. The number of anilines is 2. The molecule has 0 spiro atoms. The molecule has 3 heterocycles. The van der Waals surface area contributed by atoms with E-state index in [0.29, 0.717) is 34.9 Å². The van der Waals surface area contributed by atoms with Crippen LogP contribution in [0.25, 0.3) is 10.8 Å². The van der Waals surface area contributed by atoms with Gasteiger partial charge >= 0.3 is 0 Å². The van der Waals surface area contributed by atoms with Crippen molar-refractivity contribution >= 4 is 28.1 Å². The minimum Gasteiger partial charge on any atom is -0.477 e. The number of rotatable bonds is 5. The van der Waals surface area contributed by atoms with Gasteiger partial charge < -0.3 is 20.5 Å². The Labute approximate surface area is 167 Å². The van der Waals surface area contributed by atoms with Crippen LogP contribution in [-0.2, 0) is 4.74 Å². The SMILES string of the molecule is Nc1cccnc1C(=O)Nc1ccc2c(OCC3CCOCC3)ncc(F)c2c1. The zero-order valence-corrected chi connectivity index (χ0v) is 15.7. The number of nitrogen functional groups attached to an aromatic ring is 1. The lowest BCUT2D eigenvalue weighted by molar-refractivity contribution is 0.0493. The molecule has 0 atom stereocenters. The summed E-state index contributed by atoms with van der Waals surface area (Å²) in [5, 5.41) is 3.56. The molecular weight excluding hydrogens is 375 g/mol. The van der Waals surface area contributed by atoms with Gasteiger partial charge in [0.2, 0.25) is 5.88 Å². The first kappa shape index (κ1) is 19.1. The van der Waals surface area contributed by atoms with Gasteiger partial charge in [-0.05, 0) is 49.1 Å². The summed E-state index contributed by atoms with van der Waals surface area (Å²) in [6, 6.07) is 8.14. The first-order valence-corrected chi connectivity index (χ1v) is 9.42. The second-order valence-corrected chi connectivity index (χ2v) is 6.93. The van der Waals surface area contributed by atoms with E-state index in [4.69, 9.17) is 15.2 Å². The maximum absolute atomic E-state index is 14.4. The molecule has 0 bridgehead atoms. The second kappa shape index (κ2) is 8.40. The number of nitrogens with one attached hydrogen (secondary N) is 1.